The molecule has 2 amide bonds. The van der Waals surface area contributed by atoms with Gasteiger partial charge in [0.1, 0.15) is 5.82 Å². The SMILES string of the molecule is O=C(Nc1ccc(Cl)cn1)Oc1ccc(N2CCN(C(=O)c3ccccc3C(F)(F)F)CC2)nn1. The Labute approximate surface area is 202 Å². The average Bonchev–Trinajstić information content (AvgIpc) is 2.85. The molecule has 1 saturated heterocycles. The standard InChI is InChI=1S/C22H18ClF3N6O3/c23-14-5-6-17(27-13-14)28-21(34)35-19-8-7-18(29-30-19)31-9-11-32(12-10-31)20(33)15-3-1-2-4-16(15)22(24,25)26/h1-8,13H,9-12H2,(H,27,28,34). The fourth-order valence-corrected chi connectivity index (χ4v) is 3.55. The first-order valence-corrected chi connectivity index (χ1v) is 10.7. The van der Waals surface area contributed by atoms with Gasteiger partial charge in [0, 0.05) is 38.4 Å². The van der Waals surface area contributed by atoms with Crippen LogP contribution in [0.3, 0.4) is 0 Å². The number of pyridine rings is 1. The van der Waals surface area contributed by atoms with Gasteiger partial charge in [0.2, 0.25) is 5.88 Å². The van der Waals surface area contributed by atoms with Gasteiger partial charge >= 0.3 is 12.3 Å². The third-order valence-electron chi connectivity index (χ3n) is 5.13. The number of aromatic nitrogens is 3. The summed E-state index contributed by atoms with van der Waals surface area (Å²) in [6.45, 7) is 1.11. The van der Waals surface area contributed by atoms with Gasteiger partial charge in [0.05, 0.1) is 16.1 Å². The van der Waals surface area contributed by atoms with E-state index in [9.17, 15) is 22.8 Å². The highest BCUT2D eigenvalue weighted by atomic mass is 35.5. The monoisotopic (exact) mass is 506 g/mol. The Bertz CT molecular complexity index is 1200. The number of benzene rings is 1. The normalized spacial score (nSPS) is 13.9. The number of ether oxygens (including phenoxy) is 1. The van der Waals surface area contributed by atoms with E-state index in [4.69, 9.17) is 16.3 Å². The minimum Gasteiger partial charge on any atom is -0.389 e. The highest BCUT2D eigenvalue weighted by Crippen LogP contribution is 2.32. The molecule has 3 heterocycles. The first-order chi connectivity index (χ1) is 16.7. The quantitative estimate of drug-likeness (QED) is 0.568. The Hall–Kier alpha value is -3.93. The van der Waals surface area contributed by atoms with Gasteiger partial charge in [-0.05, 0) is 30.3 Å². The summed E-state index contributed by atoms with van der Waals surface area (Å²) in [7, 11) is 0. The fourth-order valence-electron chi connectivity index (χ4n) is 3.44. The molecule has 1 N–H and O–H groups in total. The van der Waals surface area contributed by atoms with Gasteiger partial charge in [0.25, 0.3) is 5.91 Å². The molecule has 0 saturated carbocycles. The first kappa shape index (κ1) is 24.2. The predicted molar refractivity (Wildman–Crippen MR) is 120 cm³/mol. The Kier molecular flexibility index (Phi) is 7.01. The molecule has 1 aliphatic rings. The van der Waals surface area contributed by atoms with Crippen molar-refractivity contribution in [2.45, 2.75) is 6.18 Å². The molecular formula is C22H18ClF3N6O3. The van der Waals surface area contributed by atoms with Gasteiger partial charge in [-0.25, -0.2) is 9.78 Å². The Morgan fingerprint density at radius 1 is 0.971 bits per heavy atom. The highest BCUT2D eigenvalue weighted by Gasteiger charge is 2.36. The molecule has 2 aromatic heterocycles. The van der Waals surface area contributed by atoms with Crippen molar-refractivity contribution < 1.29 is 27.5 Å². The zero-order chi connectivity index (χ0) is 25.0. The van der Waals surface area contributed by atoms with Gasteiger partial charge in [0.15, 0.2) is 5.82 Å². The Morgan fingerprint density at radius 2 is 1.71 bits per heavy atom. The number of halogens is 4. The zero-order valence-corrected chi connectivity index (χ0v) is 18.8. The molecule has 13 heteroatoms. The molecule has 182 valence electrons. The lowest BCUT2D eigenvalue weighted by atomic mass is 10.1. The molecule has 0 aliphatic carbocycles. The van der Waals surface area contributed by atoms with Gasteiger partial charge in [-0.2, -0.15) is 13.2 Å². The van der Waals surface area contributed by atoms with Crippen molar-refractivity contribution >= 4 is 35.2 Å². The van der Waals surface area contributed by atoms with E-state index in [1.165, 1.54) is 41.4 Å². The minimum absolute atomic E-state index is 0.0437. The largest absolute Gasteiger partial charge is 0.419 e. The summed E-state index contributed by atoms with van der Waals surface area (Å²) in [5.74, 6) is 0.000512. The van der Waals surface area contributed by atoms with Crippen molar-refractivity contribution in [3.05, 3.63) is 70.9 Å². The lowest BCUT2D eigenvalue weighted by molar-refractivity contribution is -0.138. The van der Waals surface area contributed by atoms with Crippen LogP contribution in [0.15, 0.2) is 54.7 Å². The summed E-state index contributed by atoms with van der Waals surface area (Å²) < 4.78 is 44.8. The van der Waals surface area contributed by atoms with E-state index in [0.29, 0.717) is 23.9 Å². The van der Waals surface area contributed by atoms with Crippen LogP contribution in [0.5, 0.6) is 5.88 Å². The summed E-state index contributed by atoms with van der Waals surface area (Å²) in [5, 5.41) is 10.7. The number of alkyl halides is 3. The lowest BCUT2D eigenvalue weighted by Gasteiger charge is -2.35. The Morgan fingerprint density at radius 3 is 2.34 bits per heavy atom. The maximum Gasteiger partial charge on any atom is 0.419 e. The second-order valence-corrected chi connectivity index (χ2v) is 7.86. The summed E-state index contributed by atoms with van der Waals surface area (Å²) in [4.78, 5) is 31.8. The van der Waals surface area contributed by atoms with Crippen LogP contribution in [0.1, 0.15) is 15.9 Å². The van der Waals surface area contributed by atoms with Crippen LogP contribution in [0.2, 0.25) is 5.02 Å². The molecule has 1 aromatic carbocycles. The number of carbonyl (C=O) groups is 2. The molecule has 35 heavy (non-hydrogen) atoms. The van der Waals surface area contributed by atoms with E-state index in [2.05, 4.69) is 20.5 Å². The van der Waals surface area contributed by atoms with Crippen LogP contribution in [0.25, 0.3) is 0 Å². The van der Waals surface area contributed by atoms with E-state index in [1.807, 2.05) is 4.90 Å². The number of anilines is 2. The number of amides is 2. The molecular weight excluding hydrogens is 489 g/mol. The van der Waals surface area contributed by atoms with Crippen molar-refractivity contribution in [1.82, 2.24) is 20.1 Å². The smallest absolute Gasteiger partial charge is 0.389 e. The minimum atomic E-state index is -4.62. The van der Waals surface area contributed by atoms with Gasteiger partial charge in [-0.15, -0.1) is 10.2 Å². The van der Waals surface area contributed by atoms with Gasteiger partial charge in [-0.3, -0.25) is 10.1 Å². The van der Waals surface area contributed by atoms with E-state index in [0.717, 1.165) is 6.07 Å². The third-order valence-corrected chi connectivity index (χ3v) is 5.36. The second kappa shape index (κ2) is 10.1. The number of hydrogen-bond acceptors (Lipinski definition) is 7. The molecule has 1 fully saturated rings. The third kappa shape index (κ3) is 5.96. The van der Waals surface area contributed by atoms with Crippen LogP contribution in [-0.4, -0.2) is 58.3 Å². The molecule has 4 rings (SSSR count). The van der Waals surface area contributed by atoms with E-state index >= 15 is 0 Å². The van der Waals surface area contributed by atoms with Crippen LogP contribution < -0.4 is 15.0 Å². The topological polar surface area (TPSA) is 101 Å². The van der Waals surface area contributed by atoms with E-state index in [1.54, 1.807) is 12.1 Å². The maximum atomic E-state index is 13.3. The number of hydrogen-bond donors (Lipinski definition) is 1. The van der Waals surface area contributed by atoms with Crippen molar-refractivity contribution in [1.29, 1.82) is 0 Å². The summed E-state index contributed by atoms with van der Waals surface area (Å²) in [5.41, 5.74) is -1.33. The van der Waals surface area contributed by atoms with Crippen molar-refractivity contribution in [3.8, 4) is 5.88 Å². The Balaban J connectivity index is 1.32. The summed E-state index contributed by atoms with van der Waals surface area (Å²) in [6.07, 6.45) is -4.06. The van der Waals surface area contributed by atoms with Crippen LogP contribution in [0, 0.1) is 0 Å². The van der Waals surface area contributed by atoms with E-state index < -0.39 is 23.7 Å². The first-order valence-electron chi connectivity index (χ1n) is 10.4. The second-order valence-electron chi connectivity index (χ2n) is 7.43. The van der Waals surface area contributed by atoms with Gasteiger partial charge < -0.3 is 14.5 Å². The van der Waals surface area contributed by atoms with Crippen molar-refractivity contribution in [2.75, 3.05) is 36.4 Å². The number of nitrogens with one attached hydrogen (secondary N) is 1. The molecule has 0 atom stereocenters. The predicted octanol–water partition coefficient (Wildman–Crippen LogP) is 4.12. The van der Waals surface area contributed by atoms with E-state index in [-0.39, 0.29) is 30.4 Å². The molecule has 3 aromatic rings. The number of carbonyl (C=O) groups excluding carboxylic acids is 2. The van der Waals surface area contributed by atoms with Crippen LogP contribution in [0.4, 0.5) is 29.6 Å². The maximum absolute atomic E-state index is 13.3. The molecule has 0 unspecified atom stereocenters. The van der Waals surface area contributed by atoms with Crippen LogP contribution >= 0.6 is 11.6 Å². The molecule has 0 spiro atoms. The summed E-state index contributed by atoms with van der Waals surface area (Å²) in [6, 6.07) is 10.8. The molecule has 9 nitrogen and oxygen atoms in total. The highest BCUT2D eigenvalue weighted by molar-refractivity contribution is 6.30. The number of nitrogens with zero attached hydrogens (tertiary/aromatic N) is 5. The fraction of sp³-hybridized carbons (Fsp3) is 0.227. The molecule has 0 radical (unpaired) electrons. The van der Waals surface area contributed by atoms with Crippen molar-refractivity contribution in [2.24, 2.45) is 0 Å². The molecule has 0 bridgehead atoms. The molecule has 1 aliphatic heterocycles. The van der Waals surface area contributed by atoms with Crippen LogP contribution in [-0.2, 0) is 6.18 Å². The lowest BCUT2D eigenvalue weighted by Crippen LogP contribution is -2.49. The van der Waals surface area contributed by atoms with Crippen molar-refractivity contribution in [3.63, 3.8) is 0 Å². The summed E-state index contributed by atoms with van der Waals surface area (Å²) >= 11 is 5.74. The van der Waals surface area contributed by atoms with Gasteiger partial charge in [-0.1, -0.05) is 23.7 Å². The number of piperazine rings is 1. The number of rotatable bonds is 4. The average molecular weight is 507 g/mol. The zero-order valence-electron chi connectivity index (χ0n) is 18.0.